The number of aryl methyl sites for hydroxylation is 2. The van der Waals surface area contributed by atoms with Crippen molar-refractivity contribution in [1.29, 1.82) is 0 Å². The van der Waals surface area contributed by atoms with Gasteiger partial charge in [0, 0.05) is 0 Å². The van der Waals surface area contributed by atoms with E-state index < -0.39 is 17.9 Å². The summed E-state index contributed by atoms with van der Waals surface area (Å²) in [4.78, 5) is 26.1. The fourth-order valence-corrected chi connectivity index (χ4v) is 3.07. The molecule has 0 saturated carbocycles. The lowest BCUT2D eigenvalue weighted by molar-refractivity contribution is -0.140. The number of rotatable bonds is 4. The summed E-state index contributed by atoms with van der Waals surface area (Å²) >= 11 is 0. The number of hydrogen-bond acceptors (Lipinski definition) is 3. The number of carboxylic acids is 1. The maximum absolute atomic E-state index is 13.1. The molecule has 134 valence electrons. The number of hydrogen-bond donors (Lipinski definition) is 1. The highest BCUT2D eigenvalue weighted by Crippen LogP contribution is 2.38. The third kappa shape index (κ3) is 3.33. The highest BCUT2D eigenvalue weighted by atomic mass is 16.5. The van der Waals surface area contributed by atoms with Crippen molar-refractivity contribution in [2.75, 3.05) is 4.90 Å². The Kier molecular flexibility index (Phi) is 4.80. The topological polar surface area (TPSA) is 66.8 Å². The number of fused-ring (bicyclic) bond motifs is 1. The van der Waals surface area contributed by atoms with Crippen LogP contribution in [0.2, 0.25) is 0 Å². The molecule has 1 amide bonds. The quantitative estimate of drug-likeness (QED) is 0.848. The molecule has 0 fully saturated rings. The predicted molar refractivity (Wildman–Crippen MR) is 100 cm³/mol. The van der Waals surface area contributed by atoms with E-state index >= 15 is 0 Å². The number of carbonyl (C=O) groups is 2. The van der Waals surface area contributed by atoms with Gasteiger partial charge in [-0.2, -0.15) is 0 Å². The Balaban J connectivity index is 2.12. The van der Waals surface area contributed by atoms with Crippen molar-refractivity contribution >= 4 is 23.6 Å². The molecule has 0 spiro atoms. The van der Waals surface area contributed by atoms with Crippen molar-refractivity contribution in [3.05, 3.63) is 64.9 Å². The van der Waals surface area contributed by atoms with Gasteiger partial charge in [0.15, 0.2) is 11.5 Å². The van der Waals surface area contributed by atoms with Gasteiger partial charge in [-0.05, 0) is 49.6 Å². The predicted octanol–water partition coefficient (Wildman–Crippen LogP) is 3.93. The minimum absolute atomic E-state index is 0.117. The van der Waals surface area contributed by atoms with Crippen LogP contribution in [0.4, 0.5) is 5.69 Å². The molecule has 2 aromatic carbocycles. The molecule has 0 aromatic heterocycles. The minimum Gasteiger partial charge on any atom is -0.480 e. The summed E-state index contributed by atoms with van der Waals surface area (Å²) in [6.07, 6.45) is 1.95. The first-order valence-electron chi connectivity index (χ1n) is 8.54. The SMILES string of the molecule is CCC(C(=O)O)N1C(=O)/C(=C\c2cccc(C)c2)Oc2ccc(C)cc21. The Bertz CT molecular complexity index is 901. The van der Waals surface area contributed by atoms with Crippen LogP contribution in [0.3, 0.4) is 0 Å². The fraction of sp³-hybridized carbons (Fsp3) is 0.238. The van der Waals surface area contributed by atoms with Crippen LogP contribution in [0.5, 0.6) is 5.75 Å². The number of carboxylic acid groups (broad SMARTS) is 1. The zero-order valence-corrected chi connectivity index (χ0v) is 15.0. The van der Waals surface area contributed by atoms with Crippen molar-refractivity contribution < 1.29 is 19.4 Å². The van der Waals surface area contributed by atoms with Crippen molar-refractivity contribution in [3.8, 4) is 5.75 Å². The van der Waals surface area contributed by atoms with Gasteiger partial charge in [0.05, 0.1) is 5.69 Å². The Morgan fingerprint density at radius 1 is 1.19 bits per heavy atom. The normalized spacial score (nSPS) is 16.2. The summed E-state index contributed by atoms with van der Waals surface area (Å²) in [5.74, 6) is -0.885. The number of amides is 1. The van der Waals surface area contributed by atoms with E-state index in [1.165, 1.54) is 4.90 Å². The maximum Gasteiger partial charge on any atom is 0.326 e. The second-order valence-electron chi connectivity index (χ2n) is 6.43. The van der Waals surface area contributed by atoms with E-state index in [-0.39, 0.29) is 5.76 Å². The Morgan fingerprint density at radius 3 is 2.58 bits per heavy atom. The van der Waals surface area contributed by atoms with E-state index in [1.54, 1.807) is 25.1 Å². The highest BCUT2D eigenvalue weighted by Gasteiger charge is 2.37. The van der Waals surface area contributed by atoms with Crippen molar-refractivity contribution in [2.45, 2.75) is 33.2 Å². The molecule has 0 saturated heterocycles. The average Bonchev–Trinajstić information content (AvgIpc) is 2.59. The molecule has 1 aliphatic rings. The average molecular weight is 351 g/mol. The second kappa shape index (κ2) is 7.04. The Morgan fingerprint density at radius 2 is 1.92 bits per heavy atom. The summed E-state index contributed by atoms with van der Waals surface area (Å²) in [6, 6.07) is 12.1. The smallest absolute Gasteiger partial charge is 0.326 e. The van der Waals surface area contributed by atoms with Crippen molar-refractivity contribution in [2.24, 2.45) is 0 Å². The zero-order chi connectivity index (χ0) is 18.8. The van der Waals surface area contributed by atoms with Gasteiger partial charge >= 0.3 is 5.97 Å². The van der Waals surface area contributed by atoms with E-state index in [9.17, 15) is 14.7 Å². The summed E-state index contributed by atoms with van der Waals surface area (Å²) < 4.78 is 5.82. The van der Waals surface area contributed by atoms with Crippen LogP contribution in [0, 0.1) is 13.8 Å². The molecule has 0 radical (unpaired) electrons. The van der Waals surface area contributed by atoms with Gasteiger partial charge in [-0.15, -0.1) is 0 Å². The van der Waals surface area contributed by atoms with Gasteiger partial charge in [0.2, 0.25) is 0 Å². The van der Waals surface area contributed by atoms with Crippen LogP contribution >= 0.6 is 0 Å². The van der Waals surface area contributed by atoms with E-state index in [1.807, 2.05) is 44.2 Å². The summed E-state index contributed by atoms with van der Waals surface area (Å²) in [5.41, 5.74) is 3.31. The van der Waals surface area contributed by atoms with Crippen LogP contribution in [0.25, 0.3) is 6.08 Å². The van der Waals surface area contributed by atoms with Gasteiger partial charge < -0.3 is 9.84 Å². The molecule has 0 bridgehead atoms. The lowest BCUT2D eigenvalue weighted by atomic mass is 10.1. The summed E-state index contributed by atoms with van der Waals surface area (Å²) in [5, 5.41) is 9.60. The number of ether oxygens (including phenoxy) is 1. The number of aliphatic carboxylic acids is 1. The van der Waals surface area contributed by atoms with Crippen molar-refractivity contribution in [1.82, 2.24) is 0 Å². The number of carbonyl (C=O) groups excluding carboxylic acids is 1. The zero-order valence-electron chi connectivity index (χ0n) is 15.0. The largest absolute Gasteiger partial charge is 0.480 e. The molecule has 1 unspecified atom stereocenters. The van der Waals surface area contributed by atoms with Gasteiger partial charge in [0.1, 0.15) is 6.04 Å². The third-order valence-electron chi connectivity index (χ3n) is 4.35. The Labute approximate surface area is 152 Å². The molecule has 5 heteroatoms. The maximum atomic E-state index is 13.1. The molecule has 1 N–H and O–H groups in total. The van der Waals surface area contributed by atoms with Crippen molar-refractivity contribution in [3.63, 3.8) is 0 Å². The molecule has 1 atom stereocenters. The number of anilines is 1. The highest BCUT2D eigenvalue weighted by molar-refractivity contribution is 6.12. The first-order valence-corrected chi connectivity index (χ1v) is 8.54. The van der Waals surface area contributed by atoms with E-state index in [0.717, 1.165) is 16.7 Å². The third-order valence-corrected chi connectivity index (χ3v) is 4.35. The summed E-state index contributed by atoms with van der Waals surface area (Å²) in [7, 11) is 0. The molecule has 2 aromatic rings. The van der Waals surface area contributed by atoms with E-state index in [4.69, 9.17) is 4.74 Å². The lowest BCUT2D eigenvalue weighted by Gasteiger charge is -2.34. The number of benzene rings is 2. The first kappa shape index (κ1) is 17.7. The number of nitrogens with zero attached hydrogens (tertiary/aromatic N) is 1. The lowest BCUT2D eigenvalue weighted by Crippen LogP contribution is -2.48. The monoisotopic (exact) mass is 351 g/mol. The molecule has 1 heterocycles. The van der Waals surface area contributed by atoms with Gasteiger partial charge in [-0.25, -0.2) is 4.79 Å². The Hall–Kier alpha value is -3.08. The molecule has 26 heavy (non-hydrogen) atoms. The molecule has 5 nitrogen and oxygen atoms in total. The molecule has 1 aliphatic heterocycles. The standard InChI is InChI=1S/C21H21NO4/c1-4-16(21(24)25)22-17-11-14(3)8-9-18(17)26-19(20(22)23)12-15-7-5-6-13(2)10-15/h5-12,16H,4H2,1-3H3,(H,24,25)/b19-12+. The van der Waals surface area contributed by atoms with Crippen LogP contribution < -0.4 is 9.64 Å². The molecule has 0 aliphatic carbocycles. The molecule has 3 rings (SSSR count). The first-order chi connectivity index (χ1) is 12.4. The summed E-state index contributed by atoms with van der Waals surface area (Å²) in [6.45, 7) is 5.61. The van der Waals surface area contributed by atoms with Gasteiger partial charge in [0.25, 0.3) is 5.91 Å². The molecular weight excluding hydrogens is 330 g/mol. The van der Waals surface area contributed by atoms with Gasteiger partial charge in [-0.3, -0.25) is 9.69 Å². The van der Waals surface area contributed by atoms with Crippen LogP contribution in [-0.4, -0.2) is 23.0 Å². The fourth-order valence-electron chi connectivity index (χ4n) is 3.07. The van der Waals surface area contributed by atoms with Crippen LogP contribution in [-0.2, 0) is 9.59 Å². The van der Waals surface area contributed by atoms with Gasteiger partial charge in [-0.1, -0.05) is 42.8 Å². The van der Waals surface area contributed by atoms with E-state index in [2.05, 4.69) is 0 Å². The minimum atomic E-state index is -1.04. The van der Waals surface area contributed by atoms with E-state index in [0.29, 0.717) is 17.9 Å². The molecular formula is C21H21NO4. The second-order valence-corrected chi connectivity index (χ2v) is 6.43. The van der Waals surface area contributed by atoms with Crippen LogP contribution in [0.15, 0.2) is 48.2 Å². The van der Waals surface area contributed by atoms with Crippen LogP contribution in [0.1, 0.15) is 30.0 Å².